The summed E-state index contributed by atoms with van der Waals surface area (Å²) < 4.78 is 5.51. The SMILES string of the molecule is Cc1cc(C(C)(C)C)ccc1CC1COCCN1. The van der Waals surface area contributed by atoms with E-state index in [1.807, 2.05) is 0 Å². The molecule has 1 aliphatic rings. The molecule has 0 bridgehead atoms. The van der Waals surface area contributed by atoms with Gasteiger partial charge in [0.25, 0.3) is 0 Å². The topological polar surface area (TPSA) is 21.3 Å². The number of nitrogens with one attached hydrogen (secondary N) is 1. The van der Waals surface area contributed by atoms with Crippen LogP contribution in [0.3, 0.4) is 0 Å². The van der Waals surface area contributed by atoms with Crippen LogP contribution in [-0.2, 0) is 16.6 Å². The van der Waals surface area contributed by atoms with Crippen LogP contribution in [-0.4, -0.2) is 25.8 Å². The lowest BCUT2D eigenvalue weighted by atomic mass is 9.85. The number of hydrogen-bond acceptors (Lipinski definition) is 2. The van der Waals surface area contributed by atoms with Gasteiger partial charge in [0.05, 0.1) is 13.2 Å². The first-order valence-corrected chi connectivity index (χ1v) is 6.88. The van der Waals surface area contributed by atoms with Crippen molar-refractivity contribution >= 4 is 0 Å². The minimum Gasteiger partial charge on any atom is -0.379 e. The van der Waals surface area contributed by atoms with Crippen molar-refractivity contribution in [2.75, 3.05) is 19.8 Å². The van der Waals surface area contributed by atoms with Crippen molar-refractivity contribution in [2.24, 2.45) is 0 Å². The number of aryl methyl sites for hydroxylation is 1. The summed E-state index contributed by atoms with van der Waals surface area (Å²) in [5, 5.41) is 3.51. The van der Waals surface area contributed by atoms with Gasteiger partial charge in [-0.05, 0) is 35.4 Å². The minimum atomic E-state index is 0.232. The van der Waals surface area contributed by atoms with Gasteiger partial charge in [-0.1, -0.05) is 39.0 Å². The van der Waals surface area contributed by atoms with Gasteiger partial charge < -0.3 is 10.1 Å². The lowest BCUT2D eigenvalue weighted by Gasteiger charge is -2.25. The first-order valence-electron chi connectivity index (χ1n) is 6.88. The predicted octanol–water partition coefficient (Wildman–Crippen LogP) is 2.82. The van der Waals surface area contributed by atoms with Crippen molar-refractivity contribution in [3.63, 3.8) is 0 Å². The summed E-state index contributed by atoms with van der Waals surface area (Å²) in [6, 6.07) is 7.36. The third-order valence-electron chi connectivity index (χ3n) is 3.67. The Morgan fingerprint density at radius 3 is 2.67 bits per heavy atom. The molecular formula is C16H25NO. The third kappa shape index (κ3) is 3.33. The molecule has 2 heteroatoms. The fourth-order valence-corrected chi connectivity index (χ4v) is 2.41. The van der Waals surface area contributed by atoms with Gasteiger partial charge in [0.15, 0.2) is 0 Å². The van der Waals surface area contributed by atoms with Gasteiger partial charge in [-0.2, -0.15) is 0 Å². The zero-order chi connectivity index (χ0) is 13.2. The summed E-state index contributed by atoms with van der Waals surface area (Å²) in [5.41, 5.74) is 4.48. The minimum absolute atomic E-state index is 0.232. The molecule has 0 aromatic heterocycles. The van der Waals surface area contributed by atoms with Crippen LogP contribution in [0.4, 0.5) is 0 Å². The highest BCUT2D eigenvalue weighted by atomic mass is 16.5. The molecule has 1 aromatic carbocycles. The Balaban J connectivity index is 2.09. The molecule has 18 heavy (non-hydrogen) atoms. The van der Waals surface area contributed by atoms with Gasteiger partial charge >= 0.3 is 0 Å². The average molecular weight is 247 g/mol. The van der Waals surface area contributed by atoms with E-state index in [9.17, 15) is 0 Å². The van der Waals surface area contributed by atoms with Gasteiger partial charge in [-0.25, -0.2) is 0 Å². The predicted molar refractivity (Wildman–Crippen MR) is 76.2 cm³/mol. The molecule has 1 aromatic rings. The van der Waals surface area contributed by atoms with E-state index >= 15 is 0 Å². The van der Waals surface area contributed by atoms with Crippen LogP contribution in [0.2, 0.25) is 0 Å². The lowest BCUT2D eigenvalue weighted by molar-refractivity contribution is 0.0769. The highest BCUT2D eigenvalue weighted by Gasteiger charge is 2.17. The molecule has 0 saturated carbocycles. The smallest absolute Gasteiger partial charge is 0.0623 e. The highest BCUT2D eigenvalue weighted by Crippen LogP contribution is 2.24. The molecule has 2 nitrogen and oxygen atoms in total. The molecular weight excluding hydrogens is 222 g/mol. The Morgan fingerprint density at radius 2 is 2.11 bits per heavy atom. The zero-order valence-corrected chi connectivity index (χ0v) is 12.0. The van der Waals surface area contributed by atoms with Crippen LogP contribution in [0, 0.1) is 6.92 Å². The maximum absolute atomic E-state index is 5.51. The molecule has 1 unspecified atom stereocenters. The summed E-state index contributed by atoms with van der Waals surface area (Å²) >= 11 is 0. The van der Waals surface area contributed by atoms with Crippen LogP contribution in [0.25, 0.3) is 0 Å². The molecule has 1 N–H and O–H groups in total. The van der Waals surface area contributed by atoms with Crippen molar-refractivity contribution in [2.45, 2.75) is 45.6 Å². The Kier molecular flexibility index (Phi) is 4.08. The number of morpholine rings is 1. The molecule has 1 atom stereocenters. The highest BCUT2D eigenvalue weighted by molar-refractivity contribution is 5.35. The van der Waals surface area contributed by atoms with E-state index in [4.69, 9.17) is 4.74 Å². The van der Waals surface area contributed by atoms with E-state index in [2.05, 4.69) is 51.2 Å². The Bertz CT molecular complexity index is 400. The molecule has 1 fully saturated rings. The number of rotatable bonds is 2. The van der Waals surface area contributed by atoms with E-state index in [0.717, 1.165) is 26.2 Å². The number of hydrogen-bond donors (Lipinski definition) is 1. The molecule has 100 valence electrons. The first-order chi connectivity index (χ1) is 8.47. The molecule has 0 spiro atoms. The standard InChI is InChI=1S/C16H25NO/c1-12-9-14(16(2,3)4)6-5-13(12)10-15-11-18-8-7-17-15/h5-6,9,15,17H,7-8,10-11H2,1-4H3. The maximum Gasteiger partial charge on any atom is 0.0623 e. The van der Waals surface area contributed by atoms with E-state index < -0.39 is 0 Å². The molecule has 1 saturated heterocycles. The molecule has 1 heterocycles. The van der Waals surface area contributed by atoms with Crippen LogP contribution >= 0.6 is 0 Å². The monoisotopic (exact) mass is 247 g/mol. The number of ether oxygens (including phenoxy) is 1. The molecule has 0 aliphatic carbocycles. The molecule has 0 amide bonds. The summed E-state index contributed by atoms with van der Waals surface area (Å²) in [7, 11) is 0. The number of benzene rings is 1. The zero-order valence-electron chi connectivity index (χ0n) is 12.0. The molecule has 1 aliphatic heterocycles. The van der Waals surface area contributed by atoms with Crippen LogP contribution in [0.15, 0.2) is 18.2 Å². The van der Waals surface area contributed by atoms with Crippen molar-refractivity contribution < 1.29 is 4.74 Å². The summed E-state index contributed by atoms with van der Waals surface area (Å²) in [5.74, 6) is 0. The van der Waals surface area contributed by atoms with E-state index in [1.54, 1.807) is 0 Å². The second-order valence-corrected chi connectivity index (χ2v) is 6.32. The largest absolute Gasteiger partial charge is 0.379 e. The lowest BCUT2D eigenvalue weighted by Crippen LogP contribution is -2.42. The second-order valence-electron chi connectivity index (χ2n) is 6.32. The summed E-state index contributed by atoms with van der Waals surface area (Å²) in [6.45, 7) is 11.7. The van der Waals surface area contributed by atoms with Gasteiger partial charge in [0.2, 0.25) is 0 Å². The van der Waals surface area contributed by atoms with Gasteiger partial charge in [0.1, 0.15) is 0 Å². The quantitative estimate of drug-likeness (QED) is 0.867. The van der Waals surface area contributed by atoms with Gasteiger partial charge in [-0.3, -0.25) is 0 Å². The summed E-state index contributed by atoms with van der Waals surface area (Å²) in [4.78, 5) is 0. The fraction of sp³-hybridized carbons (Fsp3) is 0.625. The van der Waals surface area contributed by atoms with Crippen LogP contribution in [0.1, 0.15) is 37.5 Å². The first kappa shape index (κ1) is 13.6. The van der Waals surface area contributed by atoms with Crippen molar-refractivity contribution in [1.29, 1.82) is 0 Å². The normalized spacial score (nSPS) is 21.0. The van der Waals surface area contributed by atoms with E-state index in [-0.39, 0.29) is 5.41 Å². The van der Waals surface area contributed by atoms with Crippen molar-refractivity contribution in [1.82, 2.24) is 5.32 Å². The van der Waals surface area contributed by atoms with Crippen LogP contribution in [0.5, 0.6) is 0 Å². The summed E-state index contributed by atoms with van der Waals surface area (Å²) in [6.07, 6.45) is 1.07. The van der Waals surface area contributed by atoms with E-state index in [1.165, 1.54) is 16.7 Å². The molecule has 0 radical (unpaired) electrons. The second kappa shape index (κ2) is 5.41. The fourth-order valence-electron chi connectivity index (χ4n) is 2.41. The van der Waals surface area contributed by atoms with Crippen molar-refractivity contribution in [3.8, 4) is 0 Å². The Hall–Kier alpha value is -0.860. The third-order valence-corrected chi connectivity index (χ3v) is 3.67. The van der Waals surface area contributed by atoms with Crippen LogP contribution < -0.4 is 5.32 Å². The average Bonchev–Trinajstić information content (AvgIpc) is 2.32. The van der Waals surface area contributed by atoms with Gasteiger partial charge in [-0.15, -0.1) is 0 Å². The van der Waals surface area contributed by atoms with E-state index in [0.29, 0.717) is 6.04 Å². The van der Waals surface area contributed by atoms with Crippen molar-refractivity contribution in [3.05, 3.63) is 34.9 Å². The van der Waals surface area contributed by atoms with Gasteiger partial charge in [0, 0.05) is 12.6 Å². The molecule has 2 rings (SSSR count). The maximum atomic E-state index is 5.51. The Labute approximate surface area is 111 Å². The Morgan fingerprint density at radius 1 is 1.33 bits per heavy atom.